The quantitative estimate of drug-likeness (QED) is 0.744. The molecule has 0 fully saturated rings. The molecule has 0 aromatic heterocycles. The molecule has 0 unspecified atom stereocenters. The smallest absolute Gasteiger partial charge is 0.307 e. The van der Waals surface area contributed by atoms with Crippen LogP contribution in [0.2, 0.25) is 0 Å². The minimum atomic E-state index is -0.854. The van der Waals surface area contributed by atoms with Crippen molar-refractivity contribution in [2.45, 2.75) is 13.0 Å². The Morgan fingerprint density at radius 1 is 1.57 bits per heavy atom. The van der Waals surface area contributed by atoms with E-state index >= 15 is 0 Å². The molecule has 4 nitrogen and oxygen atoms in total. The van der Waals surface area contributed by atoms with Crippen LogP contribution in [0.1, 0.15) is 11.1 Å². The number of ether oxygens (including phenoxy) is 1. The van der Waals surface area contributed by atoms with Gasteiger partial charge in [-0.15, -0.1) is 0 Å². The van der Waals surface area contributed by atoms with E-state index in [0.717, 1.165) is 5.56 Å². The Balaban J connectivity index is 2.95. The maximum absolute atomic E-state index is 10.5. The monoisotopic (exact) mass is 195 g/mol. The first-order valence-electron chi connectivity index (χ1n) is 4.25. The standard InChI is InChI=1S/C10H13NO3/c1-14-9-4-7(5-10(12)13)2-3-8(9)6-11/h2-4H,5-6,11H2,1H3,(H,12,13). The number of carboxylic acids is 1. The molecule has 1 aromatic carbocycles. The molecule has 0 spiro atoms. The second-order valence-corrected chi connectivity index (χ2v) is 2.92. The Morgan fingerprint density at radius 3 is 2.79 bits per heavy atom. The maximum atomic E-state index is 10.5. The van der Waals surface area contributed by atoms with E-state index in [2.05, 4.69) is 0 Å². The fraction of sp³-hybridized carbons (Fsp3) is 0.300. The van der Waals surface area contributed by atoms with E-state index in [1.165, 1.54) is 0 Å². The van der Waals surface area contributed by atoms with Gasteiger partial charge < -0.3 is 15.6 Å². The largest absolute Gasteiger partial charge is 0.496 e. The molecular formula is C10H13NO3. The number of aliphatic carboxylic acids is 1. The summed E-state index contributed by atoms with van der Waals surface area (Å²) >= 11 is 0. The number of carboxylic acid groups (broad SMARTS) is 1. The molecule has 0 heterocycles. The summed E-state index contributed by atoms with van der Waals surface area (Å²) in [5.41, 5.74) is 7.07. The van der Waals surface area contributed by atoms with Crippen molar-refractivity contribution in [1.82, 2.24) is 0 Å². The number of methoxy groups -OCH3 is 1. The predicted molar refractivity (Wildman–Crippen MR) is 52.2 cm³/mol. The topological polar surface area (TPSA) is 72.5 Å². The lowest BCUT2D eigenvalue weighted by Crippen LogP contribution is -2.03. The van der Waals surface area contributed by atoms with Crippen molar-refractivity contribution in [3.8, 4) is 5.75 Å². The van der Waals surface area contributed by atoms with Gasteiger partial charge in [-0.2, -0.15) is 0 Å². The molecule has 76 valence electrons. The van der Waals surface area contributed by atoms with Gasteiger partial charge in [-0.1, -0.05) is 12.1 Å². The number of carbonyl (C=O) groups is 1. The molecule has 0 aliphatic rings. The lowest BCUT2D eigenvalue weighted by atomic mass is 10.1. The summed E-state index contributed by atoms with van der Waals surface area (Å²) in [6.07, 6.45) is 0.00120. The Morgan fingerprint density at radius 2 is 2.29 bits per heavy atom. The first-order chi connectivity index (χ1) is 6.67. The van der Waals surface area contributed by atoms with Gasteiger partial charge >= 0.3 is 5.97 Å². The summed E-state index contributed by atoms with van der Waals surface area (Å²) in [5.74, 6) is -0.209. The lowest BCUT2D eigenvalue weighted by molar-refractivity contribution is -0.136. The summed E-state index contributed by atoms with van der Waals surface area (Å²) in [5, 5.41) is 8.59. The van der Waals surface area contributed by atoms with Crippen LogP contribution < -0.4 is 10.5 Å². The Kier molecular flexibility index (Phi) is 3.48. The van der Waals surface area contributed by atoms with Crippen molar-refractivity contribution in [3.63, 3.8) is 0 Å². The maximum Gasteiger partial charge on any atom is 0.307 e. The number of hydrogen-bond acceptors (Lipinski definition) is 3. The van der Waals surface area contributed by atoms with Gasteiger partial charge in [0.05, 0.1) is 13.5 Å². The molecular weight excluding hydrogens is 182 g/mol. The number of rotatable bonds is 4. The Bertz CT molecular complexity index is 336. The first kappa shape index (κ1) is 10.5. The zero-order valence-corrected chi connectivity index (χ0v) is 7.99. The number of benzene rings is 1. The van der Waals surface area contributed by atoms with E-state index in [9.17, 15) is 4.79 Å². The Hall–Kier alpha value is -1.55. The average molecular weight is 195 g/mol. The Labute approximate surface area is 82.3 Å². The van der Waals surface area contributed by atoms with Gasteiger partial charge in [-0.05, 0) is 11.6 Å². The number of hydrogen-bond donors (Lipinski definition) is 2. The van der Waals surface area contributed by atoms with Crippen LogP contribution in [0.4, 0.5) is 0 Å². The molecule has 0 aliphatic heterocycles. The van der Waals surface area contributed by atoms with Gasteiger partial charge in [0, 0.05) is 12.1 Å². The van der Waals surface area contributed by atoms with Crippen LogP contribution in [0.3, 0.4) is 0 Å². The van der Waals surface area contributed by atoms with Crippen LogP contribution in [-0.2, 0) is 17.8 Å². The molecule has 4 heteroatoms. The summed E-state index contributed by atoms with van der Waals surface area (Å²) in [4.78, 5) is 10.5. The van der Waals surface area contributed by atoms with E-state index in [-0.39, 0.29) is 6.42 Å². The van der Waals surface area contributed by atoms with E-state index in [0.29, 0.717) is 17.9 Å². The van der Waals surface area contributed by atoms with Crippen LogP contribution in [0.15, 0.2) is 18.2 Å². The van der Waals surface area contributed by atoms with Crippen LogP contribution in [-0.4, -0.2) is 18.2 Å². The van der Waals surface area contributed by atoms with Gasteiger partial charge in [0.2, 0.25) is 0 Å². The minimum Gasteiger partial charge on any atom is -0.496 e. The van der Waals surface area contributed by atoms with Crippen molar-refractivity contribution in [2.24, 2.45) is 5.73 Å². The zero-order chi connectivity index (χ0) is 10.6. The highest BCUT2D eigenvalue weighted by Gasteiger charge is 2.05. The molecule has 0 aliphatic carbocycles. The van der Waals surface area contributed by atoms with Crippen molar-refractivity contribution >= 4 is 5.97 Å². The van der Waals surface area contributed by atoms with Crippen molar-refractivity contribution in [1.29, 1.82) is 0 Å². The fourth-order valence-electron chi connectivity index (χ4n) is 1.24. The molecule has 1 aromatic rings. The molecule has 0 atom stereocenters. The van der Waals surface area contributed by atoms with Gasteiger partial charge in [0.1, 0.15) is 5.75 Å². The van der Waals surface area contributed by atoms with E-state index in [1.807, 2.05) is 0 Å². The minimum absolute atomic E-state index is 0.00120. The van der Waals surface area contributed by atoms with Crippen LogP contribution in [0.5, 0.6) is 5.75 Å². The van der Waals surface area contributed by atoms with Crippen molar-refractivity contribution in [3.05, 3.63) is 29.3 Å². The van der Waals surface area contributed by atoms with Crippen molar-refractivity contribution in [2.75, 3.05) is 7.11 Å². The second-order valence-electron chi connectivity index (χ2n) is 2.92. The number of nitrogens with two attached hydrogens (primary N) is 1. The molecule has 0 saturated carbocycles. The van der Waals surface area contributed by atoms with E-state index in [4.69, 9.17) is 15.6 Å². The summed E-state index contributed by atoms with van der Waals surface area (Å²) in [6.45, 7) is 0.385. The summed E-state index contributed by atoms with van der Waals surface area (Å²) in [6, 6.07) is 5.24. The molecule has 0 saturated heterocycles. The van der Waals surface area contributed by atoms with Gasteiger partial charge in [0.25, 0.3) is 0 Å². The third-order valence-corrected chi connectivity index (χ3v) is 1.93. The molecule has 14 heavy (non-hydrogen) atoms. The molecule has 3 N–H and O–H groups in total. The highest BCUT2D eigenvalue weighted by molar-refractivity contribution is 5.70. The highest BCUT2D eigenvalue weighted by atomic mass is 16.5. The van der Waals surface area contributed by atoms with E-state index < -0.39 is 5.97 Å². The summed E-state index contributed by atoms with van der Waals surface area (Å²) in [7, 11) is 1.54. The normalized spacial score (nSPS) is 9.86. The first-order valence-corrected chi connectivity index (χ1v) is 4.25. The highest BCUT2D eigenvalue weighted by Crippen LogP contribution is 2.19. The molecule has 0 radical (unpaired) electrons. The average Bonchev–Trinajstić information content (AvgIpc) is 2.16. The van der Waals surface area contributed by atoms with Gasteiger partial charge in [-0.25, -0.2) is 0 Å². The van der Waals surface area contributed by atoms with Crippen LogP contribution >= 0.6 is 0 Å². The second kappa shape index (κ2) is 4.62. The predicted octanol–water partition coefficient (Wildman–Crippen LogP) is 0.781. The van der Waals surface area contributed by atoms with Crippen molar-refractivity contribution < 1.29 is 14.6 Å². The van der Waals surface area contributed by atoms with E-state index in [1.54, 1.807) is 25.3 Å². The summed E-state index contributed by atoms with van der Waals surface area (Å²) < 4.78 is 5.09. The van der Waals surface area contributed by atoms with Crippen LogP contribution in [0, 0.1) is 0 Å². The zero-order valence-electron chi connectivity index (χ0n) is 7.99. The van der Waals surface area contributed by atoms with Crippen LogP contribution in [0.25, 0.3) is 0 Å². The van der Waals surface area contributed by atoms with Gasteiger partial charge in [0.15, 0.2) is 0 Å². The third-order valence-electron chi connectivity index (χ3n) is 1.93. The fourth-order valence-corrected chi connectivity index (χ4v) is 1.24. The SMILES string of the molecule is COc1cc(CC(=O)O)ccc1CN. The third kappa shape index (κ3) is 2.47. The molecule has 0 amide bonds. The molecule has 0 bridgehead atoms. The lowest BCUT2D eigenvalue weighted by Gasteiger charge is -2.07. The molecule has 1 rings (SSSR count). The van der Waals surface area contributed by atoms with Gasteiger partial charge in [-0.3, -0.25) is 4.79 Å².